The number of rotatable bonds is 2. The van der Waals surface area contributed by atoms with Crippen LogP contribution in [0.1, 0.15) is 10.5 Å². The van der Waals surface area contributed by atoms with Crippen molar-refractivity contribution in [2.75, 3.05) is 19.5 Å². The van der Waals surface area contributed by atoms with Gasteiger partial charge in [0.15, 0.2) is 17.3 Å². The van der Waals surface area contributed by atoms with Gasteiger partial charge in [-0.2, -0.15) is 0 Å². The molecule has 5 heteroatoms. The van der Waals surface area contributed by atoms with Crippen molar-refractivity contribution in [1.29, 1.82) is 0 Å². The molecule has 0 amide bonds. The average molecular weight is 184 g/mol. The zero-order valence-corrected chi connectivity index (χ0v) is 7.30. The first kappa shape index (κ1) is 9.44. The molecule has 0 aliphatic carbocycles. The minimum absolute atomic E-state index is 0.0305. The molecule has 0 fully saturated rings. The number of carbonyl (C=O) groups is 1. The molecule has 0 saturated carbocycles. The Bertz CT molecular complexity index is 328. The highest BCUT2D eigenvalue weighted by Gasteiger charge is 2.10. The SMILES string of the molecule is CNc1nc(C(=O)OC)ccc1F. The van der Waals surface area contributed by atoms with Crippen molar-refractivity contribution in [3.8, 4) is 0 Å². The van der Waals surface area contributed by atoms with Gasteiger partial charge in [0.25, 0.3) is 0 Å². The average Bonchev–Trinajstić information content (AvgIpc) is 2.17. The third-order valence-corrected chi connectivity index (χ3v) is 1.48. The smallest absolute Gasteiger partial charge is 0.356 e. The molecule has 4 nitrogen and oxygen atoms in total. The number of nitrogens with zero attached hydrogens (tertiary/aromatic N) is 1. The molecule has 0 saturated heterocycles. The lowest BCUT2D eigenvalue weighted by Gasteiger charge is -2.02. The van der Waals surface area contributed by atoms with Crippen LogP contribution in [0.4, 0.5) is 10.2 Å². The molecule has 0 aromatic carbocycles. The first-order chi connectivity index (χ1) is 6.19. The van der Waals surface area contributed by atoms with Crippen molar-refractivity contribution in [1.82, 2.24) is 4.98 Å². The van der Waals surface area contributed by atoms with Crippen molar-refractivity contribution in [2.45, 2.75) is 0 Å². The van der Waals surface area contributed by atoms with Crippen LogP contribution in [-0.4, -0.2) is 25.1 Å². The summed E-state index contributed by atoms with van der Waals surface area (Å²) >= 11 is 0. The molecule has 0 spiro atoms. The van der Waals surface area contributed by atoms with Crippen LogP contribution in [-0.2, 0) is 4.74 Å². The summed E-state index contributed by atoms with van der Waals surface area (Å²) in [6, 6.07) is 2.42. The third-order valence-electron chi connectivity index (χ3n) is 1.48. The van der Waals surface area contributed by atoms with E-state index in [9.17, 15) is 9.18 Å². The van der Waals surface area contributed by atoms with Crippen LogP contribution in [0, 0.1) is 5.82 Å². The number of carbonyl (C=O) groups excluding carboxylic acids is 1. The number of methoxy groups -OCH3 is 1. The van der Waals surface area contributed by atoms with Crippen molar-refractivity contribution in [3.05, 3.63) is 23.6 Å². The fourth-order valence-electron chi connectivity index (χ4n) is 0.836. The lowest BCUT2D eigenvalue weighted by Crippen LogP contribution is -2.07. The van der Waals surface area contributed by atoms with Crippen molar-refractivity contribution < 1.29 is 13.9 Å². The predicted molar refractivity (Wildman–Crippen MR) is 45.1 cm³/mol. The maximum atomic E-state index is 12.9. The number of hydrogen-bond donors (Lipinski definition) is 1. The van der Waals surface area contributed by atoms with Crippen LogP contribution < -0.4 is 5.32 Å². The first-order valence-corrected chi connectivity index (χ1v) is 3.61. The van der Waals surface area contributed by atoms with Crippen LogP contribution in [0.3, 0.4) is 0 Å². The van der Waals surface area contributed by atoms with Gasteiger partial charge in [0.2, 0.25) is 0 Å². The van der Waals surface area contributed by atoms with Crippen LogP contribution in [0.25, 0.3) is 0 Å². The number of pyridine rings is 1. The second kappa shape index (κ2) is 3.84. The Hall–Kier alpha value is -1.65. The molecule has 1 aromatic rings. The maximum absolute atomic E-state index is 12.9. The van der Waals surface area contributed by atoms with E-state index < -0.39 is 11.8 Å². The molecule has 0 radical (unpaired) electrons. The zero-order chi connectivity index (χ0) is 9.84. The number of hydrogen-bond acceptors (Lipinski definition) is 4. The van der Waals surface area contributed by atoms with E-state index in [1.54, 1.807) is 0 Å². The minimum atomic E-state index is -0.587. The molecule has 1 rings (SSSR count). The van der Waals surface area contributed by atoms with Crippen LogP contribution in [0.2, 0.25) is 0 Å². The van der Waals surface area contributed by atoms with Crippen LogP contribution >= 0.6 is 0 Å². The van der Waals surface area contributed by atoms with Crippen molar-refractivity contribution in [2.24, 2.45) is 0 Å². The largest absolute Gasteiger partial charge is 0.464 e. The van der Waals surface area contributed by atoms with Crippen molar-refractivity contribution >= 4 is 11.8 Å². The van der Waals surface area contributed by atoms with Crippen LogP contribution in [0.5, 0.6) is 0 Å². The lowest BCUT2D eigenvalue weighted by molar-refractivity contribution is 0.0594. The monoisotopic (exact) mass is 184 g/mol. The Morgan fingerprint density at radius 2 is 2.31 bits per heavy atom. The number of aromatic nitrogens is 1. The highest BCUT2D eigenvalue weighted by atomic mass is 19.1. The second-order valence-electron chi connectivity index (χ2n) is 2.27. The van der Waals surface area contributed by atoms with Gasteiger partial charge in [0.05, 0.1) is 7.11 Å². The molecular formula is C8H9FN2O2. The Kier molecular flexibility index (Phi) is 2.79. The van der Waals surface area contributed by atoms with E-state index in [4.69, 9.17) is 0 Å². The Balaban J connectivity index is 3.06. The van der Waals surface area contributed by atoms with Gasteiger partial charge in [0.1, 0.15) is 0 Å². The lowest BCUT2D eigenvalue weighted by atomic mass is 10.3. The molecule has 1 heterocycles. The normalized spacial score (nSPS) is 9.46. The van der Waals surface area contributed by atoms with Gasteiger partial charge in [-0.3, -0.25) is 0 Å². The fraction of sp³-hybridized carbons (Fsp3) is 0.250. The number of ether oxygens (including phenoxy) is 1. The number of halogens is 1. The summed E-state index contributed by atoms with van der Waals surface area (Å²) in [7, 11) is 2.76. The summed E-state index contributed by atoms with van der Waals surface area (Å²) in [6.07, 6.45) is 0. The highest BCUT2D eigenvalue weighted by molar-refractivity contribution is 5.87. The summed E-state index contributed by atoms with van der Waals surface area (Å²) in [5, 5.41) is 2.52. The predicted octanol–water partition coefficient (Wildman–Crippen LogP) is 1.05. The molecule has 1 aromatic heterocycles. The Morgan fingerprint density at radius 1 is 1.62 bits per heavy atom. The molecule has 0 bridgehead atoms. The van der Waals surface area contributed by atoms with Crippen LogP contribution in [0.15, 0.2) is 12.1 Å². The maximum Gasteiger partial charge on any atom is 0.356 e. The van der Waals surface area contributed by atoms with E-state index in [0.29, 0.717) is 0 Å². The molecule has 0 aliphatic heterocycles. The van der Waals surface area contributed by atoms with E-state index in [0.717, 1.165) is 6.07 Å². The second-order valence-corrected chi connectivity index (χ2v) is 2.27. The van der Waals surface area contributed by atoms with E-state index in [1.165, 1.54) is 20.2 Å². The first-order valence-electron chi connectivity index (χ1n) is 3.61. The number of nitrogens with one attached hydrogen (secondary N) is 1. The topological polar surface area (TPSA) is 51.2 Å². The Morgan fingerprint density at radius 3 is 2.85 bits per heavy atom. The van der Waals surface area contributed by atoms with E-state index in [2.05, 4.69) is 15.0 Å². The Labute approximate surface area is 74.7 Å². The van der Waals surface area contributed by atoms with Gasteiger partial charge in [-0.25, -0.2) is 14.2 Å². The summed E-state index contributed by atoms with van der Waals surface area (Å²) in [5.41, 5.74) is 0.0771. The zero-order valence-electron chi connectivity index (χ0n) is 7.30. The molecule has 0 atom stereocenters. The molecular weight excluding hydrogens is 175 g/mol. The highest BCUT2D eigenvalue weighted by Crippen LogP contribution is 2.10. The van der Waals surface area contributed by atoms with Gasteiger partial charge in [-0.1, -0.05) is 0 Å². The van der Waals surface area contributed by atoms with Gasteiger partial charge >= 0.3 is 5.97 Å². The summed E-state index contributed by atoms with van der Waals surface area (Å²) in [4.78, 5) is 14.7. The quantitative estimate of drug-likeness (QED) is 0.698. The summed E-state index contributed by atoms with van der Waals surface area (Å²) in [5.74, 6) is -1.06. The third kappa shape index (κ3) is 1.93. The molecule has 13 heavy (non-hydrogen) atoms. The van der Waals surface area contributed by atoms with Gasteiger partial charge in [0, 0.05) is 7.05 Å². The number of esters is 1. The van der Waals surface area contributed by atoms with Gasteiger partial charge < -0.3 is 10.1 Å². The molecule has 1 N–H and O–H groups in total. The van der Waals surface area contributed by atoms with E-state index in [-0.39, 0.29) is 11.5 Å². The minimum Gasteiger partial charge on any atom is -0.464 e. The van der Waals surface area contributed by atoms with Gasteiger partial charge in [-0.05, 0) is 12.1 Å². The number of anilines is 1. The van der Waals surface area contributed by atoms with E-state index in [1.807, 2.05) is 0 Å². The standard InChI is InChI=1S/C8H9FN2O2/c1-10-7-5(9)3-4-6(11-7)8(12)13-2/h3-4H,1-2H3,(H,10,11). The summed E-state index contributed by atoms with van der Waals surface area (Å²) in [6.45, 7) is 0. The van der Waals surface area contributed by atoms with Crippen molar-refractivity contribution in [3.63, 3.8) is 0 Å². The summed E-state index contributed by atoms with van der Waals surface area (Å²) < 4.78 is 17.3. The fourth-order valence-corrected chi connectivity index (χ4v) is 0.836. The molecule has 0 aliphatic rings. The molecule has 0 unspecified atom stereocenters. The van der Waals surface area contributed by atoms with Gasteiger partial charge in [-0.15, -0.1) is 0 Å². The van der Waals surface area contributed by atoms with E-state index >= 15 is 0 Å². The molecule has 70 valence electrons.